The van der Waals surface area contributed by atoms with Gasteiger partial charge in [0.1, 0.15) is 0 Å². The average Bonchev–Trinajstić information content (AvgIpc) is 2.44. The zero-order chi connectivity index (χ0) is 14.0. The molecule has 1 saturated heterocycles. The van der Waals surface area contributed by atoms with Gasteiger partial charge in [-0.1, -0.05) is 6.92 Å². The number of nitrogens with one attached hydrogen (secondary N) is 1. The first-order valence-electron chi connectivity index (χ1n) is 7.88. The molecule has 20 heavy (non-hydrogen) atoms. The van der Waals surface area contributed by atoms with E-state index in [1.165, 1.54) is 25.7 Å². The predicted octanol–water partition coefficient (Wildman–Crippen LogP) is 2.78. The summed E-state index contributed by atoms with van der Waals surface area (Å²) in [6.07, 6.45) is 9.89. The summed E-state index contributed by atoms with van der Waals surface area (Å²) in [6, 6.07) is 0.314. The molecule has 1 aromatic heterocycles. The van der Waals surface area contributed by atoms with Crippen LogP contribution in [0.5, 0.6) is 0 Å². The van der Waals surface area contributed by atoms with Crippen LogP contribution in [0.25, 0.3) is 0 Å². The third-order valence-electron chi connectivity index (χ3n) is 4.81. The zero-order valence-electron chi connectivity index (χ0n) is 12.6. The fourth-order valence-corrected chi connectivity index (χ4v) is 3.57. The molecule has 1 N–H and O–H groups in total. The van der Waals surface area contributed by atoms with Crippen LogP contribution in [-0.2, 0) is 4.74 Å². The van der Waals surface area contributed by atoms with Crippen molar-refractivity contribution in [3.63, 3.8) is 0 Å². The van der Waals surface area contributed by atoms with Gasteiger partial charge in [0.05, 0.1) is 29.2 Å². The minimum absolute atomic E-state index is 0.189. The van der Waals surface area contributed by atoms with Crippen LogP contribution in [-0.4, -0.2) is 28.7 Å². The highest BCUT2D eigenvalue weighted by atomic mass is 16.5. The second kappa shape index (κ2) is 5.78. The van der Waals surface area contributed by atoms with E-state index in [2.05, 4.69) is 22.2 Å². The van der Waals surface area contributed by atoms with E-state index >= 15 is 0 Å². The largest absolute Gasteiger partial charge is 0.375 e. The Morgan fingerprint density at radius 1 is 1.40 bits per heavy atom. The van der Waals surface area contributed by atoms with Crippen LogP contribution in [0.2, 0.25) is 0 Å². The maximum atomic E-state index is 6.05. The molecule has 1 saturated carbocycles. The average molecular weight is 275 g/mol. The Labute approximate surface area is 121 Å². The van der Waals surface area contributed by atoms with E-state index in [4.69, 9.17) is 4.74 Å². The van der Waals surface area contributed by atoms with Gasteiger partial charge in [0.15, 0.2) is 0 Å². The molecule has 110 valence electrons. The number of rotatable bonds is 4. The molecule has 2 unspecified atom stereocenters. The lowest BCUT2D eigenvalue weighted by Crippen LogP contribution is -2.48. The van der Waals surface area contributed by atoms with Crippen molar-refractivity contribution in [2.45, 2.75) is 57.6 Å². The fourth-order valence-electron chi connectivity index (χ4n) is 3.57. The summed E-state index contributed by atoms with van der Waals surface area (Å²) in [4.78, 5) is 9.01. The van der Waals surface area contributed by atoms with E-state index in [-0.39, 0.29) is 5.60 Å². The maximum Gasteiger partial charge on any atom is 0.0759 e. The first-order valence-corrected chi connectivity index (χ1v) is 7.88. The SMILES string of the molecule is CCNC(c1cnc(C)cn1)C1CCOC2(CCC2)C1. The van der Waals surface area contributed by atoms with Crippen LogP contribution in [0.1, 0.15) is 56.5 Å². The van der Waals surface area contributed by atoms with Crippen molar-refractivity contribution in [1.82, 2.24) is 15.3 Å². The first kappa shape index (κ1) is 14.0. The Bertz CT molecular complexity index is 442. The molecule has 1 spiro atoms. The topological polar surface area (TPSA) is 47.0 Å². The highest BCUT2D eigenvalue weighted by molar-refractivity contribution is 5.09. The van der Waals surface area contributed by atoms with Crippen molar-refractivity contribution < 1.29 is 4.74 Å². The normalized spacial score (nSPS) is 26.2. The van der Waals surface area contributed by atoms with Crippen molar-refractivity contribution in [3.05, 3.63) is 23.8 Å². The Balaban J connectivity index is 1.77. The van der Waals surface area contributed by atoms with E-state index in [0.29, 0.717) is 12.0 Å². The predicted molar refractivity (Wildman–Crippen MR) is 78.4 cm³/mol. The van der Waals surface area contributed by atoms with Crippen LogP contribution >= 0.6 is 0 Å². The Hall–Kier alpha value is -1.00. The molecule has 0 bridgehead atoms. The molecule has 1 aliphatic carbocycles. The molecule has 0 radical (unpaired) electrons. The Kier molecular flexibility index (Phi) is 4.03. The van der Waals surface area contributed by atoms with E-state index in [1.54, 1.807) is 0 Å². The fraction of sp³-hybridized carbons (Fsp3) is 0.750. The lowest BCUT2D eigenvalue weighted by atomic mass is 9.70. The van der Waals surface area contributed by atoms with Gasteiger partial charge in [-0.3, -0.25) is 9.97 Å². The smallest absolute Gasteiger partial charge is 0.0759 e. The van der Waals surface area contributed by atoms with Gasteiger partial charge in [-0.05, 0) is 51.5 Å². The van der Waals surface area contributed by atoms with Gasteiger partial charge >= 0.3 is 0 Å². The highest BCUT2D eigenvalue weighted by Crippen LogP contribution is 2.46. The van der Waals surface area contributed by atoms with E-state index in [1.807, 2.05) is 19.3 Å². The number of aromatic nitrogens is 2. The first-order chi connectivity index (χ1) is 9.72. The second-order valence-corrected chi connectivity index (χ2v) is 6.26. The molecule has 1 aromatic rings. The monoisotopic (exact) mass is 275 g/mol. The minimum Gasteiger partial charge on any atom is -0.375 e. The summed E-state index contributed by atoms with van der Waals surface area (Å²) in [5.74, 6) is 0.612. The van der Waals surface area contributed by atoms with Crippen molar-refractivity contribution in [2.75, 3.05) is 13.2 Å². The van der Waals surface area contributed by atoms with E-state index in [9.17, 15) is 0 Å². The number of hydrogen-bond donors (Lipinski definition) is 1. The van der Waals surface area contributed by atoms with Crippen LogP contribution in [0.15, 0.2) is 12.4 Å². The lowest BCUT2D eigenvalue weighted by molar-refractivity contribution is -0.147. The van der Waals surface area contributed by atoms with Gasteiger partial charge in [0.25, 0.3) is 0 Å². The Morgan fingerprint density at radius 2 is 2.25 bits per heavy atom. The van der Waals surface area contributed by atoms with Gasteiger partial charge in [0.2, 0.25) is 0 Å². The van der Waals surface area contributed by atoms with Gasteiger partial charge in [-0.2, -0.15) is 0 Å². The molecule has 2 heterocycles. The van der Waals surface area contributed by atoms with Crippen LogP contribution in [0.4, 0.5) is 0 Å². The molecule has 3 rings (SSSR count). The number of nitrogens with zero attached hydrogens (tertiary/aromatic N) is 2. The third-order valence-corrected chi connectivity index (χ3v) is 4.81. The molecule has 4 nitrogen and oxygen atoms in total. The molecule has 2 aliphatic rings. The summed E-state index contributed by atoms with van der Waals surface area (Å²) < 4.78 is 6.05. The van der Waals surface area contributed by atoms with Crippen LogP contribution < -0.4 is 5.32 Å². The molecule has 1 aliphatic heterocycles. The second-order valence-electron chi connectivity index (χ2n) is 6.26. The standard InChI is InChI=1S/C16H25N3O/c1-3-17-15(14-11-18-12(2)10-19-14)13-5-8-20-16(9-13)6-4-7-16/h10-11,13,15,17H,3-9H2,1-2H3. The summed E-state index contributed by atoms with van der Waals surface area (Å²) in [7, 11) is 0. The van der Waals surface area contributed by atoms with Gasteiger partial charge in [-0.25, -0.2) is 0 Å². The van der Waals surface area contributed by atoms with Crippen molar-refractivity contribution >= 4 is 0 Å². The molecule has 2 fully saturated rings. The Morgan fingerprint density at radius 3 is 2.85 bits per heavy atom. The van der Waals surface area contributed by atoms with E-state index in [0.717, 1.165) is 31.0 Å². The summed E-state index contributed by atoms with van der Waals surface area (Å²) in [5, 5.41) is 3.62. The molecular formula is C16H25N3O. The quantitative estimate of drug-likeness (QED) is 0.918. The molecule has 0 amide bonds. The van der Waals surface area contributed by atoms with E-state index < -0.39 is 0 Å². The molecular weight excluding hydrogens is 250 g/mol. The van der Waals surface area contributed by atoms with Crippen LogP contribution in [0.3, 0.4) is 0 Å². The summed E-state index contributed by atoms with van der Waals surface area (Å²) in [6.45, 7) is 6.00. The highest BCUT2D eigenvalue weighted by Gasteiger charge is 2.44. The van der Waals surface area contributed by atoms with Crippen LogP contribution in [0, 0.1) is 12.8 Å². The van der Waals surface area contributed by atoms with Crippen molar-refractivity contribution in [3.8, 4) is 0 Å². The summed E-state index contributed by atoms with van der Waals surface area (Å²) >= 11 is 0. The van der Waals surface area contributed by atoms with Crippen molar-refractivity contribution in [2.24, 2.45) is 5.92 Å². The maximum absolute atomic E-state index is 6.05. The minimum atomic E-state index is 0.189. The number of ether oxygens (including phenoxy) is 1. The molecule has 2 atom stereocenters. The lowest BCUT2D eigenvalue weighted by Gasteiger charge is -2.48. The van der Waals surface area contributed by atoms with Gasteiger partial charge in [0, 0.05) is 12.8 Å². The van der Waals surface area contributed by atoms with Crippen molar-refractivity contribution in [1.29, 1.82) is 0 Å². The van der Waals surface area contributed by atoms with Gasteiger partial charge < -0.3 is 10.1 Å². The molecule has 0 aromatic carbocycles. The third kappa shape index (κ3) is 2.72. The zero-order valence-corrected chi connectivity index (χ0v) is 12.6. The number of aryl methyl sites for hydroxylation is 1. The molecule has 4 heteroatoms. The van der Waals surface area contributed by atoms with Gasteiger partial charge in [-0.15, -0.1) is 0 Å². The number of hydrogen-bond acceptors (Lipinski definition) is 4. The summed E-state index contributed by atoms with van der Waals surface area (Å²) in [5.41, 5.74) is 2.25.